The number of aliphatic imine (C=N–C) groups is 3. The Balaban J connectivity index is 1.75. The number of guanidine groups is 1. The van der Waals surface area contributed by atoms with Gasteiger partial charge in [0.05, 0.1) is 5.69 Å². The Morgan fingerprint density at radius 2 is 2.08 bits per heavy atom. The quantitative estimate of drug-likeness (QED) is 0.775. The minimum Gasteiger partial charge on any atom is -0.361 e. The van der Waals surface area contributed by atoms with Crippen LogP contribution in [0, 0.1) is 13.8 Å². The summed E-state index contributed by atoms with van der Waals surface area (Å²) in [7, 11) is 0. The zero-order valence-corrected chi connectivity index (χ0v) is 15.6. The van der Waals surface area contributed by atoms with Gasteiger partial charge in [-0.2, -0.15) is 11.8 Å². The van der Waals surface area contributed by atoms with E-state index >= 15 is 0 Å². The van der Waals surface area contributed by atoms with Crippen LogP contribution in [0.25, 0.3) is 0 Å². The van der Waals surface area contributed by atoms with Gasteiger partial charge >= 0.3 is 0 Å². The third kappa shape index (κ3) is 3.29. The Labute approximate surface area is 152 Å². The van der Waals surface area contributed by atoms with Crippen LogP contribution in [-0.4, -0.2) is 59.6 Å². The molecule has 4 rings (SSSR count). The Morgan fingerprint density at radius 3 is 2.76 bits per heavy atom. The molecule has 6 nitrogen and oxygen atoms in total. The lowest BCUT2D eigenvalue weighted by Gasteiger charge is -2.31. The molecule has 1 aromatic heterocycles. The van der Waals surface area contributed by atoms with Crippen LogP contribution in [0.15, 0.2) is 30.6 Å². The molecule has 3 aliphatic heterocycles. The molecular weight excluding hydrogens is 334 g/mol. The largest absolute Gasteiger partial charge is 0.361 e. The maximum absolute atomic E-state index is 5.44. The maximum Gasteiger partial charge on any atom is 0.221 e. The van der Waals surface area contributed by atoms with Gasteiger partial charge in [0.1, 0.15) is 11.8 Å². The average Bonchev–Trinajstić information content (AvgIpc) is 3.01. The van der Waals surface area contributed by atoms with Crippen LogP contribution in [-0.2, 0) is 0 Å². The lowest BCUT2D eigenvalue weighted by atomic mass is 9.90. The second kappa shape index (κ2) is 7.15. The minimum absolute atomic E-state index is 0.0742. The van der Waals surface area contributed by atoms with Crippen LogP contribution in [0.3, 0.4) is 0 Å². The van der Waals surface area contributed by atoms with Crippen LogP contribution in [0.5, 0.6) is 0 Å². The summed E-state index contributed by atoms with van der Waals surface area (Å²) in [6.45, 7) is 6.83. The molecule has 1 fully saturated rings. The molecule has 25 heavy (non-hydrogen) atoms. The average molecular weight is 357 g/mol. The molecular formula is C18H23N5OS. The van der Waals surface area contributed by atoms with Gasteiger partial charge in [-0.05, 0) is 25.8 Å². The van der Waals surface area contributed by atoms with Gasteiger partial charge in [-0.1, -0.05) is 10.7 Å². The summed E-state index contributed by atoms with van der Waals surface area (Å²) in [6, 6.07) is -0.0742. The first kappa shape index (κ1) is 16.6. The fourth-order valence-electron chi connectivity index (χ4n) is 3.56. The van der Waals surface area contributed by atoms with Gasteiger partial charge in [-0.25, -0.2) is 9.98 Å². The van der Waals surface area contributed by atoms with Gasteiger partial charge in [0.15, 0.2) is 0 Å². The highest BCUT2D eigenvalue weighted by Gasteiger charge is 2.29. The molecule has 0 N–H and O–H groups in total. The summed E-state index contributed by atoms with van der Waals surface area (Å²) in [5.74, 6) is 3.96. The molecule has 0 radical (unpaired) electrons. The highest BCUT2D eigenvalue weighted by molar-refractivity contribution is 7.99. The third-order valence-corrected chi connectivity index (χ3v) is 5.87. The predicted octanol–water partition coefficient (Wildman–Crippen LogP) is 2.98. The van der Waals surface area contributed by atoms with Gasteiger partial charge in [-0.3, -0.25) is 4.99 Å². The summed E-state index contributed by atoms with van der Waals surface area (Å²) >= 11 is 1.99. The lowest BCUT2D eigenvalue weighted by molar-refractivity contribution is 0.391. The van der Waals surface area contributed by atoms with Crippen LogP contribution in [0.4, 0.5) is 0 Å². The van der Waals surface area contributed by atoms with Crippen molar-refractivity contribution in [3.05, 3.63) is 28.2 Å². The first-order chi connectivity index (χ1) is 12.2. The van der Waals surface area contributed by atoms with Gasteiger partial charge < -0.3 is 9.42 Å². The minimum atomic E-state index is -0.0742. The summed E-state index contributed by atoms with van der Waals surface area (Å²) in [5.41, 5.74) is 4.56. The topological polar surface area (TPSA) is 66.3 Å². The van der Waals surface area contributed by atoms with Crippen LogP contribution in [0.1, 0.15) is 35.9 Å². The van der Waals surface area contributed by atoms with Crippen molar-refractivity contribution < 1.29 is 4.52 Å². The molecule has 7 heteroatoms. The van der Waals surface area contributed by atoms with E-state index in [4.69, 9.17) is 14.5 Å². The first-order valence-corrected chi connectivity index (χ1v) is 9.97. The van der Waals surface area contributed by atoms with E-state index in [1.807, 2.05) is 38.0 Å². The lowest BCUT2D eigenvalue weighted by Crippen LogP contribution is -2.38. The molecule has 3 aliphatic rings. The molecule has 0 saturated carbocycles. The molecule has 4 heterocycles. The summed E-state index contributed by atoms with van der Waals surface area (Å²) < 4.78 is 5.44. The van der Waals surface area contributed by atoms with Crippen molar-refractivity contribution >= 4 is 30.2 Å². The molecule has 1 atom stereocenters. The van der Waals surface area contributed by atoms with E-state index in [0.717, 1.165) is 67.0 Å². The van der Waals surface area contributed by atoms with E-state index in [2.05, 4.69) is 15.0 Å². The third-order valence-electron chi connectivity index (χ3n) is 4.93. The summed E-state index contributed by atoms with van der Waals surface area (Å²) in [5, 5.41) is 4.15. The van der Waals surface area contributed by atoms with Crippen molar-refractivity contribution in [3.8, 4) is 0 Å². The summed E-state index contributed by atoms with van der Waals surface area (Å²) in [4.78, 5) is 16.4. The van der Waals surface area contributed by atoms with Crippen molar-refractivity contribution in [1.29, 1.82) is 0 Å². The number of hydrogen-bond acceptors (Lipinski definition) is 7. The van der Waals surface area contributed by atoms with Gasteiger partial charge in [-0.15, -0.1) is 0 Å². The highest BCUT2D eigenvalue weighted by Crippen LogP contribution is 2.36. The van der Waals surface area contributed by atoms with Crippen molar-refractivity contribution in [1.82, 2.24) is 10.1 Å². The molecule has 0 bridgehead atoms. The second-order valence-electron chi connectivity index (χ2n) is 6.53. The van der Waals surface area contributed by atoms with Crippen LogP contribution >= 0.6 is 11.8 Å². The fraction of sp³-hybridized carbons (Fsp3) is 0.556. The molecule has 0 amide bonds. The van der Waals surface area contributed by atoms with Crippen LogP contribution in [0.2, 0.25) is 0 Å². The maximum atomic E-state index is 5.44. The Kier molecular flexibility index (Phi) is 4.74. The number of aromatic nitrogens is 1. The van der Waals surface area contributed by atoms with E-state index in [1.54, 1.807) is 0 Å². The summed E-state index contributed by atoms with van der Waals surface area (Å²) in [6.07, 6.45) is 5.88. The number of thioether (sulfide) groups is 1. The smallest absolute Gasteiger partial charge is 0.221 e. The Morgan fingerprint density at radius 1 is 1.24 bits per heavy atom. The molecule has 0 spiro atoms. The predicted molar refractivity (Wildman–Crippen MR) is 103 cm³/mol. The van der Waals surface area contributed by atoms with E-state index in [9.17, 15) is 0 Å². The number of hydrogen-bond donors (Lipinski definition) is 0. The Bertz CT molecular complexity index is 751. The van der Waals surface area contributed by atoms with Crippen molar-refractivity contribution in [2.45, 2.75) is 32.7 Å². The molecule has 0 aromatic carbocycles. The zero-order chi connectivity index (χ0) is 17.2. The van der Waals surface area contributed by atoms with Gasteiger partial charge in [0.2, 0.25) is 5.96 Å². The normalized spacial score (nSPS) is 26.9. The van der Waals surface area contributed by atoms with Gasteiger partial charge in [0.25, 0.3) is 0 Å². The molecule has 1 saturated heterocycles. The van der Waals surface area contributed by atoms with E-state index in [0.29, 0.717) is 0 Å². The van der Waals surface area contributed by atoms with E-state index in [-0.39, 0.29) is 6.04 Å². The van der Waals surface area contributed by atoms with Crippen molar-refractivity contribution in [2.24, 2.45) is 15.0 Å². The molecule has 132 valence electrons. The SMILES string of the molecule is Cc1noc(C)c1C1N=C(N2CCSCC2)N=C/C1=C1/CC=NCC1. The van der Waals surface area contributed by atoms with E-state index in [1.165, 1.54) is 11.1 Å². The fourth-order valence-corrected chi connectivity index (χ4v) is 4.46. The highest BCUT2D eigenvalue weighted by atomic mass is 32.2. The van der Waals surface area contributed by atoms with Crippen molar-refractivity contribution in [2.75, 3.05) is 31.1 Å². The van der Waals surface area contributed by atoms with Gasteiger partial charge in [0, 0.05) is 55.6 Å². The number of aryl methyl sites for hydroxylation is 2. The second-order valence-corrected chi connectivity index (χ2v) is 7.75. The van der Waals surface area contributed by atoms with Crippen molar-refractivity contribution in [3.63, 3.8) is 0 Å². The van der Waals surface area contributed by atoms with Crippen LogP contribution < -0.4 is 0 Å². The first-order valence-electron chi connectivity index (χ1n) is 8.81. The molecule has 1 unspecified atom stereocenters. The Hall–Kier alpha value is -1.89. The number of rotatable bonds is 1. The standard InChI is InChI=1S/C18H23N5OS/c1-12-16(13(2)24-22-12)17-15(14-3-5-19-6-4-14)11-20-18(21-17)23-7-9-25-10-8-23/h5,11,17H,3-4,6-10H2,1-2H3/b15-14+. The van der Waals surface area contributed by atoms with E-state index < -0.39 is 0 Å². The zero-order valence-electron chi connectivity index (χ0n) is 14.7. The molecule has 1 aromatic rings. The molecule has 0 aliphatic carbocycles. The monoisotopic (exact) mass is 357 g/mol. The number of nitrogens with zero attached hydrogens (tertiary/aromatic N) is 5.